The lowest BCUT2D eigenvalue weighted by molar-refractivity contribution is -0.144. The van der Waals surface area contributed by atoms with E-state index in [-0.39, 0.29) is 18.5 Å². The highest BCUT2D eigenvalue weighted by molar-refractivity contribution is 5.69. The molecule has 0 spiro atoms. The Morgan fingerprint density at radius 2 is 2.18 bits per heavy atom. The third-order valence-corrected chi connectivity index (χ3v) is 1.43. The zero-order valence-corrected chi connectivity index (χ0v) is 7.13. The normalized spacial score (nSPS) is 12.6. The Morgan fingerprint density at radius 3 is 2.64 bits per heavy atom. The van der Waals surface area contributed by atoms with E-state index in [9.17, 15) is 9.90 Å². The summed E-state index contributed by atoms with van der Waals surface area (Å²) in [5, 5.41) is 10.1. The molecule has 0 fully saturated rings. The van der Waals surface area contributed by atoms with Crippen molar-refractivity contribution in [1.29, 1.82) is 0 Å². The number of hydrogen-bond donors (Lipinski definition) is 0. The lowest BCUT2D eigenvalue weighted by atomic mass is 10.1. The molecule has 0 aliphatic rings. The van der Waals surface area contributed by atoms with Gasteiger partial charge in [0.1, 0.15) is 0 Å². The van der Waals surface area contributed by atoms with Gasteiger partial charge in [0.15, 0.2) is 0 Å². The van der Waals surface area contributed by atoms with Crippen LogP contribution in [-0.4, -0.2) is 19.2 Å². The van der Waals surface area contributed by atoms with E-state index in [1.165, 1.54) is 0 Å². The lowest BCUT2D eigenvalue weighted by Crippen LogP contribution is -2.09. The van der Waals surface area contributed by atoms with E-state index >= 15 is 0 Å². The zero-order valence-electron chi connectivity index (χ0n) is 7.13. The number of carbonyl (C=O) groups is 1. The number of hydrogen-bond acceptors (Lipinski definition) is 2. The van der Waals surface area contributed by atoms with E-state index < -0.39 is 0 Å². The molecular formula is C8H15O3. The molecule has 1 unspecified atom stereocenters. The van der Waals surface area contributed by atoms with Crippen molar-refractivity contribution in [3.63, 3.8) is 0 Å². The first-order valence-corrected chi connectivity index (χ1v) is 3.94. The van der Waals surface area contributed by atoms with E-state index in [1.807, 2.05) is 6.92 Å². The van der Waals surface area contributed by atoms with Gasteiger partial charge in [-0.15, -0.1) is 0 Å². The molecule has 0 aromatic carbocycles. The van der Waals surface area contributed by atoms with Crippen molar-refractivity contribution in [1.82, 2.24) is 0 Å². The fourth-order valence-electron chi connectivity index (χ4n) is 0.808. The van der Waals surface area contributed by atoms with E-state index in [2.05, 4.69) is 0 Å². The highest BCUT2D eigenvalue weighted by Gasteiger charge is 2.08. The van der Waals surface area contributed by atoms with Crippen LogP contribution in [0, 0.1) is 5.92 Å². The molecule has 0 aromatic rings. The van der Waals surface area contributed by atoms with E-state index in [1.54, 1.807) is 6.92 Å². The van der Waals surface area contributed by atoms with Crippen molar-refractivity contribution in [3.8, 4) is 0 Å². The maximum atomic E-state index is 10.8. The first kappa shape index (κ1) is 10.4. The first-order chi connectivity index (χ1) is 5.20. The van der Waals surface area contributed by atoms with Crippen LogP contribution < -0.4 is 0 Å². The van der Waals surface area contributed by atoms with Gasteiger partial charge >= 0.3 is 5.97 Å². The van der Waals surface area contributed by atoms with Gasteiger partial charge < -0.3 is 4.74 Å². The molecular weight excluding hydrogens is 144 g/mol. The van der Waals surface area contributed by atoms with E-state index in [0.29, 0.717) is 19.4 Å². The monoisotopic (exact) mass is 159 g/mol. The van der Waals surface area contributed by atoms with Gasteiger partial charge in [0.2, 0.25) is 0 Å². The van der Waals surface area contributed by atoms with Crippen LogP contribution in [0.3, 0.4) is 0 Å². The predicted octanol–water partition coefficient (Wildman–Crippen LogP) is 1.40. The molecule has 3 heteroatoms. The first-order valence-electron chi connectivity index (χ1n) is 3.94. The minimum Gasteiger partial charge on any atom is -0.466 e. The molecule has 3 nitrogen and oxygen atoms in total. The van der Waals surface area contributed by atoms with Crippen molar-refractivity contribution in [2.75, 3.05) is 13.2 Å². The summed E-state index contributed by atoms with van der Waals surface area (Å²) in [5.41, 5.74) is 0. The Balaban J connectivity index is 3.40. The molecule has 65 valence electrons. The van der Waals surface area contributed by atoms with Crippen molar-refractivity contribution >= 4 is 5.97 Å². The topological polar surface area (TPSA) is 46.2 Å². The van der Waals surface area contributed by atoms with Crippen LogP contribution >= 0.6 is 0 Å². The molecule has 0 bridgehead atoms. The summed E-state index contributed by atoms with van der Waals surface area (Å²) in [6.07, 6.45) is 0.925. The average Bonchev–Trinajstić information content (AvgIpc) is 1.87. The Morgan fingerprint density at radius 1 is 1.55 bits per heavy atom. The number of rotatable bonds is 5. The van der Waals surface area contributed by atoms with Crippen LogP contribution in [0.1, 0.15) is 26.7 Å². The van der Waals surface area contributed by atoms with Crippen LogP contribution in [0.15, 0.2) is 0 Å². The van der Waals surface area contributed by atoms with Crippen molar-refractivity contribution in [3.05, 3.63) is 0 Å². The molecule has 0 aromatic heterocycles. The van der Waals surface area contributed by atoms with E-state index in [0.717, 1.165) is 0 Å². The SMILES string of the molecule is CCOC(=O)CC(C)CC[O]. The summed E-state index contributed by atoms with van der Waals surface area (Å²) < 4.78 is 4.72. The molecule has 11 heavy (non-hydrogen) atoms. The van der Waals surface area contributed by atoms with Gasteiger partial charge in [0.05, 0.1) is 13.2 Å². The van der Waals surface area contributed by atoms with Crippen LogP contribution in [-0.2, 0) is 14.6 Å². The molecule has 0 amide bonds. The predicted molar refractivity (Wildman–Crippen MR) is 40.6 cm³/mol. The van der Waals surface area contributed by atoms with Gasteiger partial charge in [-0.05, 0) is 19.3 Å². The Kier molecular flexibility index (Phi) is 5.84. The van der Waals surface area contributed by atoms with Crippen molar-refractivity contribution in [2.45, 2.75) is 26.7 Å². The van der Waals surface area contributed by atoms with Gasteiger partial charge in [-0.3, -0.25) is 4.79 Å². The summed E-state index contributed by atoms with van der Waals surface area (Å²) in [6.45, 7) is 3.97. The maximum absolute atomic E-state index is 10.8. The summed E-state index contributed by atoms with van der Waals surface area (Å²) in [5.74, 6) is -0.0417. The molecule has 0 aliphatic carbocycles. The highest BCUT2D eigenvalue weighted by atomic mass is 16.5. The van der Waals surface area contributed by atoms with Crippen LogP contribution in [0.2, 0.25) is 0 Å². The Labute approximate surface area is 67.4 Å². The van der Waals surface area contributed by atoms with Gasteiger partial charge in [-0.1, -0.05) is 6.92 Å². The molecule has 0 N–H and O–H groups in total. The Bertz CT molecular complexity index is 112. The molecule has 0 aliphatic heterocycles. The van der Waals surface area contributed by atoms with Crippen LogP contribution in [0.4, 0.5) is 0 Å². The standard InChI is InChI=1S/C8H15O3/c1-3-11-8(10)6-7(2)4-5-9/h7H,3-6H2,1-2H3. The number of esters is 1. The minimum atomic E-state index is -0.201. The second-order valence-electron chi connectivity index (χ2n) is 2.61. The molecule has 0 saturated heterocycles. The largest absolute Gasteiger partial charge is 0.466 e. The van der Waals surface area contributed by atoms with Gasteiger partial charge in [-0.25, -0.2) is 5.11 Å². The molecule has 1 atom stereocenters. The highest BCUT2D eigenvalue weighted by Crippen LogP contribution is 2.07. The smallest absolute Gasteiger partial charge is 0.306 e. The summed E-state index contributed by atoms with van der Waals surface area (Å²) in [4.78, 5) is 10.8. The van der Waals surface area contributed by atoms with Gasteiger partial charge in [0, 0.05) is 6.42 Å². The molecule has 1 radical (unpaired) electrons. The van der Waals surface area contributed by atoms with Crippen LogP contribution in [0.25, 0.3) is 0 Å². The maximum Gasteiger partial charge on any atom is 0.306 e. The van der Waals surface area contributed by atoms with Gasteiger partial charge in [0.25, 0.3) is 0 Å². The lowest BCUT2D eigenvalue weighted by Gasteiger charge is -2.07. The third kappa shape index (κ3) is 5.85. The summed E-state index contributed by atoms with van der Waals surface area (Å²) in [7, 11) is 0. The van der Waals surface area contributed by atoms with Crippen molar-refractivity contribution < 1.29 is 14.6 Å². The Hall–Kier alpha value is -0.570. The third-order valence-electron chi connectivity index (χ3n) is 1.43. The molecule has 0 rings (SSSR count). The number of ether oxygens (including phenoxy) is 1. The minimum absolute atomic E-state index is 0.111. The fourth-order valence-corrected chi connectivity index (χ4v) is 0.808. The van der Waals surface area contributed by atoms with Crippen LogP contribution in [0.5, 0.6) is 0 Å². The zero-order chi connectivity index (χ0) is 8.69. The van der Waals surface area contributed by atoms with Crippen molar-refractivity contribution in [2.24, 2.45) is 5.92 Å². The second kappa shape index (κ2) is 6.16. The van der Waals surface area contributed by atoms with E-state index in [4.69, 9.17) is 4.74 Å². The fraction of sp³-hybridized carbons (Fsp3) is 0.875. The quantitative estimate of drug-likeness (QED) is 0.569. The van der Waals surface area contributed by atoms with Gasteiger partial charge in [-0.2, -0.15) is 0 Å². The molecule has 0 saturated carbocycles. The summed E-state index contributed by atoms with van der Waals surface area (Å²) >= 11 is 0. The second-order valence-corrected chi connectivity index (χ2v) is 2.61. The molecule has 0 heterocycles. The number of carbonyl (C=O) groups excluding carboxylic acids is 1. The summed E-state index contributed by atoms with van der Waals surface area (Å²) in [6, 6.07) is 0. The average molecular weight is 159 g/mol.